The van der Waals surface area contributed by atoms with Crippen LogP contribution < -0.4 is 14.5 Å². The van der Waals surface area contributed by atoms with Gasteiger partial charge in [0.25, 0.3) is 0 Å². The summed E-state index contributed by atoms with van der Waals surface area (Å²) in [5.74, 6) is 1.46. The number of ether oxygens (including phenoxy) is 1. The van der Waals surface area contributed by atoms with Crippen molar-refractivity contribution >= 4 is 44.6 Å². The predicted octanol–water partition coefficient (Wildman–Crippen LogP) is 21.1. The van der Waals surface area contributed by atoms with E-state index in [1.54, 1.807) is 12.3 Å². The molecule has 2 aromatic heterocycles. The molecule has 83 heavy (non-hydrogen) atoms. The van der Waals surface area contributed by atoms with E-state index in [4.69, 9.17) is 13.8 Å². The van der Waals surface area contributed by atoms with Crippen molar-refractivity contribution in [2.24, 2.45) is 0 Å². The molecule has 0 N–H and O–H groups in total. The maximum Gasteiger partial charge on any atom is 0.135 e. The molecule has 12 rings (SSSR count). The molecule has 0 unspecified atom stereocenters. The van der Waals surface area contributed by atoms with Gasteiger partial charge in [0.1, 0.15) is 5.82 Å². The first-order valence-corrected chi connectivity index (χ1v) is 28.6. The summed E-state index contributed by atoms with van der Waals surface area (Å²) in [6, 6.07) is 75.5. The van der Waals surface area contributed by atoms with Crippen LogP contribution in [0.15, 0.2) is 200 Å². The fraction of sp³-hybridized carbons (Fsp3) is 0.221. The number of fused-ring (bicyclic) bond motifs is 4. The molecule has 9 aromatic carbocycles. The molecule has 0 saturated heterocycles. The van der Waals surface area contributed by atoms with Crippen molar-refractivity contribution in [3.63, 3.8) is 0 Å². The molecule has 420 valence electrons. The minimum absolute atomic E-state index is 0. The van der Waals surface area contributed by atoms with E-state index in [9.17, 15) is 0 Å². The summed E-state index contributed by atoms with van der Waals surface area (Å²) in [6.45, 7) is 26.9. The Morgan fingerprint density at radius 1 is 0.458 bits per heavy atom. The van der Waals surface area contributed by atoms with Crippen LogP contribution in [0.5, 0.6) is 11.5 Å². The van der Waals surface area contributed by atoms with Crippen molar-refractivity contribution < 1.29 is 29.9 Å². The molecule has 3 heterocycles. The number of rotatable bonds is 9. The van der Waals surface area contributed by atoms with Crippen molar-refractivity contribution in [2.75, 3.05) is 9.80 Å². The molecular formula is C77H73N4OPt-3. The Bertz CT molecular complexity index is 4340. The van der Waals surface area contributed by atoms with Crippen LogP contribution in [0, 0.1) is 25.7 Å². The maximum absolute atomic E-state index is 8.74. The van der Waals surface area contributed by atoms with Gasteiger partial charge in [-0.05, 0) is 126 Å². The van der Waals surface area contributed by atoms with Gasteiger partial charge in [0.2, 0.25) is 0 Å². The summed E-state index contributed by atoms with van der Waals surface area (Å²) in [5.41, 5.74) is 18.7. The molecule has 11 aromatic rings. The van der Waals surface area contributed by atoms with Gasteiger partial charge in [-0.2, -0.15) is 12.1 Å². The van der Waals surface area contributed by atoms with E-state index < -0.39 is 6.85 Å². The van der Waals surface area contributed by atoms with Crippen LogP contribution in [-0.4, -0.2) is 9.55 Å². The second-order valence-electron chi connectivity index (χ2n) is 26.1. The summed E-state index contributed by atoms with van der Waals surface area (Å²) in [4.78, 5) is 9.57. The van der Waals surface area contributed by atoms with Gasteiger partial charge in [-0.15, -0.1) is 48.1 Å². The number of aromatic nitrogens is 2. The Morgan fingerprint density at radius 2 is 1.07 bits per heavy atom. The van der Waals surface area contributed by atoms with Gasteiger partial charge in [0, 0.05) is 82.1 Å². The summed E-state index contributed by atoms with van der Waals surface area (Å²) in [5, 5.41) is 1.92. The van der Waals surface area contributed by atoms with Crippen LogP contribution in [0.3, 0.4) is 0 Å². The van der Waals surface area contributed by atoms with E-state index in [2.05, 4.69) is 245 Å². The van der Waals surface area contributed by atoms with Gasteiger partial charge in [0.05, 0.1) is 0 Å². The monoisotopic (exact) mass is 1270 g/mol. The Labute approximate surface area is 511 Å². The van der Waals surface area contributed by atoms with Crippen LogP contribution in [0.1, 0.15) is 115 Å². The van der Waals surface area contributed by atoms with Gasteiger partial charge in [-0.3, -0.25) is 0 Å². The molecule has 0 radical (unpaired) electrons. The third-order valence-corrected chi connectivity index (χ3v) is 16.1. The van der Waals surface area contributed by atoms with E-state index in [-0.39, 0.29) is 48.3 Å². The molecule has 0 bridgehead atoms. The fourth-order valence-corrected chi connectivity index (χ4v) is 11.5. The average Bonchev–Trinajstić information content (AvgIpc) is 1.66. The molecule has 0 fully saturated rings. The SMILES string of the molecule is [2H]C([2H])([2H])c1cc(-n2c3[c-]c(Oc4[c-]c(N5[CH-]N(c6c(-c7ccc(-c8cccc(C(C)(C)C)c8)cc7)cc(C(C)(C)C)cc6-c6ccccc6C(C)(C)C)c6ccccc65)ccc4)ccc3c3ccccc32)ncc1-c1ccc(C(C)(C)C)cc1.[Pt]. The first-order valence-electron chi connectivity index (χ1n) is 30.1. The van der Waals surface area contributed by atoms with Crippen molar-refractivity contribution in [2.45, 2.75) is 112 Å². The van der Waals surface area contributed by atoms with Gasteiger partial charge < -0.3 is 19.1 Å². The number of anilines is 4. The Balaban J connectivity index is 0.00000768. The number of para-hydroxylation sites is 3. The van der Waals surface area contributed by atoms with E-state index in [0.717, 1.165) is 61.3 Å². The van der Waals surface area contributed by atoms with E-state index in [0.29, 0.717) is 28.4 Å². The molecule has 1 aliphatic heterocycles. The third kappa shape index (κ3) is 11.0. The summed E-state index contributed by atoms with van der Waals surface area (Å²) in [6.07, 6.45) is 1.69. The average molecular weight is 1270 g/mol. The molecule has 0 amide bonds. The maximum atomic E-state index is 8.74. The van der Waals surface area contributed by atoms with Crippen LogP contribution in [0.25, 0.3) is 72.1 Å². The second kappa shape index (κ2) is 21.6. The summed E-state index contributed by atoms with van der Waals surface area (Å²) >= 11 is 0. The number of hydrogen-bond acceptors (Lipinski definition) is 4. The first kappa shape index (κ1) is 53.1. The largest absolute Gasteiger partial charge is 0.509 e. The fourth-order valence-electron chi connectivity index (χ4n) is 11.5. The van der Waals surface area contributed by atoms with Crippen LogP contribution >= 0.6 is 0 Å². The van der Waals surface area contributed by atoms with Crippen LogP contribution in [-0.2, 0) is 42.7 Å². The zero-order chi connectivity index (χ0) is 60.0. The van der Waals surface area contributed by atoms with Gasteiger partial charge in [-0.25, -0.2) is 4.98 Å². The van der Waals surface area contributed by atoms with Crippen molar-refractivity contribution in [1.29, 1.82) is 0 Å². The predicted molar refractivity (Wildman–Crippen MR) is 346 cm³/mol. The van der Waals surface area contributed by atoms with E-state index >= 15 is 0 Å². The van der Waals surface area contributed by atoms with Crippen LogP contribution in [0.2, 0.25) is 0 Å². The quantitative estimate of drug-likeness (QED) is 0.135. The Morgan fingerprint density at radius 3 is 1.78 bits per heavy atom. The normalized spacial score (nSPS) is 13.6. The summed E-state index contributed by atoms with van der Waals surface area (Å²) in [7, 11) is 0. The Kier molecular flexibility index (Phi) is 13.8. The van der Waals surface area contributed by atoms with E-state index in [1.165, 1.54) is 38.9 Å². The second-order valence-corrected chi connectivity index (χ2v) is 26.1. The zero-order valence-electron chi connectivity index (χ0n) is 52.6. The molecule has 0 atom stereocenters. The van der Waals surface area contributed by atoms with Gasteiger partial charge in [0.15, 0.2) is 0 Å². The summed E-state index contributed by atoms with van der Waals surface area (Å²) < 4.78 is 35.0. The standard InChI is InChI=1S/C77H73N4O.Pt/c1-50-42-72(78-48-66(50)53-36-38-55(39-37-53)74(2,3)4)81-68-29-17-15-27-62(68)63-41-40-60(47-71(63)81)82-59-25-21-24-58(46-59)79-49-80(70-31-19-18-30-69(70)79)73-64(52-34-32-51(33-35-52)54-22-20-23-56(43-54)75(5,6)7)44-57(76(8,9)10)45-65(73)61-26-14-16-28-67(61)77(11,12)13;/h14-45,48-49H,1-13H3;/q-3;/i1D3;. The molecule has 5 nitrogen and oxygen atoms in total. The number of benzene rings is 9. The number of hydrogen-bond donors (Lipinski definition) is 0. The first-order chi connectivity index (χ1) is 40.3. The third-order valence-electron chi connectivity index (χ3n) is 16.1. The topological polar surface area (TPSA) is 33.5 Å². The van der Waals surface area contributed by atoms with Crippen molar-refractivity contribution in [1.82, 2.24) is 9.55 Å². The van der Waals surface area contributed by atoms with Crippen LogP contribution in [0.4, 0.5) is 22.7 Å². The number of pyridine rings is 1. The molecule has 6 heteroatoms. The number of nitrogens with zero attached hydrogens (tertiary/aromatic N) is 4. The van der Waals surface area contributed by atoms with E-state index in [1.807, 2.05) is 59.2 Å². The van der Waals surface area contributed by atoms with Crippen molar-refractivity contribution in [3.05, 3.63) is 247 Å². The number of aryl methyl sites for hydroxylation is 1. The molecular weight excluding hydrogens is 1190 g/mol. The molecule has 0 aliphatic carbocycles. The minimum Gasteiger partial charge on any atom is -0.509 e. The van der Waals surface area contributed by atoms with Gasteiger partial charge in [-0.1, -0.05) is 216 Å². The molecule has 1 aliphatic rings. The molecule has 0 saturated carbocycles. The minimum atomic E-state index is -2.41. The zero-order valence-corrected chi connectivity index (χ0v) is 51.9. The molecule has 0 spiro atoms. The smallest absolute Gasteiger partial charge is 0.135 e. The Hall–Kier alpha value is -7.98. The van der Waals surface area contributed by atoms with Gasteiger partial charge >= 0.3 is 0 Å². The van der Waals surface area contributed by atoms with Crippen molar-refractivity contribution in [3.8, 4) is 61.8 Å².